The minimum Gasteiger partial charge on any atom is -0.491 e. The van der Waals surface area contributed by atoms with E-state index in [0.717, 1.165) is 0 Å². The Morgan fingerprint density at radius 3 is 2.68 bits per heavy atom. The van der Waals surface area contributed by atoms with E-state index in [2.05, 4.69) is 19.2 Å². The van der Waals surface area contributed by atoms with Crippen LogP contribution in [0.1, 0.15) is 13.8 Å². The lowest BCUT2D eigenvalue weighted by Gasteiger charge is -2.26. The largest absolute Gasteiger partial charge is 0.491 e. The van der Waals surface area contributed by atoms with E-state index in [0.29, 0.717) is 56.0 Å². The number of benzene rings is 1. The topological polar surface area (TPSA) is 67.9 Å². The summed E-state index contributed by atoms with van der Waals surface area (Å²) in [4.78, 5) is 25.9. The molecule has 0 spiro atoms. The van der Waals surface area contributed by atoms with Crippen LogP contribution in [0.2, 0.25) is 0 Å². The van der Waals surface area contributed by atoms with Crippen molar-refractivity contribution in [2.75, 3.05) is 49.7 Å². The molecule has 2 amide bonds. The summed E-state index contributed by atoms with van der Waals surface area (Å²) in [5.74, 6) is 1.53. The monoisotopic (exact) mass is 366 g/mol. The molecule has 0 aliphatic carbocycles. The maximum Gasteiger partial charge on any atom is 0.234 e. The number of carbonyl (C=O) groups is 2. The maximum absolute atomic E-state index is 12.1. The third-order valence-electron chi connectivity index (χ3n) is 3.56. The van der Waals surface area contributed by atoms with Crippen LogP contribution < -0.4 is 10.1 Å². The third kappa shape index (κ3) is 6.96. The van der Waals surface area contributed by atoms with Crippen LogP contribution in [0.5, 0.6) is 5.75 Å². The van der Waals surface area contributed by atoms with E-state index in [1.165, 1.54) is 11.8 Å². The van der Waals surface area contributed by atoms with Crippen LogP contribution >= 0.6 is 11.8 Å². The average Bonchev–Trinajstić information content (AvgIpc) is 2.61. The molecule has 2 rings (SSSR count). The van der Waals surface area contributed by atoms with E-state index in [-0.39, 0.29) is 17.6 Å². The number of rotatable bonds is 8. The van der Waals surface area contributed by atoms with Gasteiger partial charge in [-0.2, -0.15) is 0 Å². The molecule has 1 aliphatic heterocycles. The summed E-state index contributed by atoms with van der Waals surface area (Å²) in [6, 6.07) is 7.39. The van der Waals surface area contributed by atoms with Crippen LogP contribution in [0.25, 0.3) is 0 Å². The summed E-state index contributed by atoms with van der Waals surface area (Å²) < 4.78 is 11.0. The molecule has 0 bridgehead atoms. The van der Waals surface area contributed by atoms with Gasteiger partial charge >= 0.3 is 0 Å². The zero-order valence-corrected chi connectivity index (χ0v) is 15.6. The highest BCUT2D eigenvalue weighted by molar-refractivity contribution is 8.00. The Bertz CT molecular complexity index is 574. The van der Waals surface area contributed by atoms with Gasteiger partial charge in [0.2, 0.25) is 11.8 Å². The molecule has 25 heavy (non-hydrogen) atoms. The van der Waals surface area contributed by atoms with Gasteiger partial charge in [0.15, 0.2) is 0 Å². The van der Waals surface area contributed by atoms with Gasteiger partial charge in [0.25, 0.3) is 0 Å². The first-order valence-corrected chi connectivity index (χ1v) is 9.66. The Morgan fingerprint density at radius 1 is 1.24 bits per heavy atom. The van der Waals surface area contributed by atoms with Gasteiger partial charge in [0.05, 0.1) is 37.0 Å². The molecule has 0 unspecified atom stereocenters. The molecule has 1 aliphatic rings. The third-order valence-corrected chi connectivity index (χ3v) is 4.47. The van der Waals surface area contributed by atoms with E-state index < -0.39 is 0 Å². The fourth-order valence-corrected chi connectivity index (χ4v) is 2.99. The summed E-state index contributed by atoms with van der Waals surface area (Å²) in [6.45, 7) is 7.18. The molecule has 7 heteroatoms. The Morgan fingerprint density at radius 2 is 1.96 bits per heavy atom. The second-order valence-corrected chi connectivity index (χ2v) is 7.22. The normalized spacial score (nSPS) is 14.4. The summed E-state index contributed by atoms with van der Waals surface area (Å²) >= 11 is 1.32. The molecule has 1 fully saturated rings. The lowest BCUT2D eigenvalue weighted by Crippen LogP contribution is -2.41. The fourth-order valence-electron chi connectivity index (χ4n) is 2.27. The molecule has 0 radical (unpaired) electrons. The van der Waals surface area contributed by atoms with Crippen molar-refractivity contribution in [3.05, 3.63) is 24.3 Å². The van der Waals surface area contributed by atoms with Gasteiger partial charge < -0.3 is 19.7 Å². The lowest BCUT2D eigenvalue weighted by atomic mass is 10.2. The Kier molecular flexibility index (Phi) is 8.08. The van der Waals surface area contributed by atoms with Crippen LogP contribution in [0.3, 0.4) is 0 Å². The van der Waals surface area contributed by atoms with E-state index in [4.69, 9.17) is 9.47 Å². The second-order valence-electron chi connectivity index (χ2n) is 6.24. The van der Waals surface area contributed by atoms with Gasteiger partial charge in [0, 0.05) is 13.1 Å². The molecular weight excluding hydrogens is 340 g/mol. The van der Waals surface area contributed by atoms with Crippen LogP contribution in [-0.4, -0.2) is 61.1 Å². The van der Waals surface area contributed by atoms with Crippen molar-refractivity contribution < 1.29 is 19.1 Å². The highest BCUT2D eigenvalue weighted by Gasteiger charge is 2.17. The summed E-state index contributed by atoms with van der Waals surface area (Å²) in [5.41, 5.74) is 0.660. The number of morpholine rings is 1. The quantitative estimate of drug-likeness (QED) is 0.764. The van der Waals surface area contributed by atoms with Crippen LogP contribution in [0.15, 0.2) is 24.3 Å². The molecular formula is C18H26N2O4S. The van der Waals surface area contributed by atoms with Gasteiger partial charge in [-0.25, -0.2) is 0 Å². The zero-order chi connectivity index (χ0) is 18.1. The minimum absolute atomic E-state index is 0.0572. The molecule has 1 saturated heterocycles. The molecule has 1 aromatic rings. The van der Waals surface area contributed by atoms with E-state index in [1.54, 1.807) is 4.90 Å². The summed E-state index contributed by atoms with van der Waals surface area (Å²) in [7, 11) is 0. The molecule has 0 atom stereocenters. The van der Waals surface area contributed by atoms with Gasteiger partial charge in [-0.05, 0) is 18.1 Å². The minimum atomic E-state index is -0.139. The van der Waals surface area contributed by atoms with Crippen molar-refractivity contribution in [2.24, 2.45) is 5.92 Å². The van der Waals surface area contributed by atoms with Crippen molar-refractivity contribution >= 4 is 29.3 Å². The number of para-hydroxylation sites is 2. The van der Waals surface area contributed by atoms with E-state index in [1.807, 2.05) is 24.3 Å². The molecule has 0 aromatic heterocycles. The first-order valence-electron chi connectivity index (χ1n) is 8.51. The van der Waals surface area contributed by atoms with Crippen molar-refractivity contribution in [1.82, 2.24) is 4.90 Å². The van der Waals surface area contributed by atoms with Crippen molar-refractivity contribution in [3.8, 4) is 5.75 Å². The lowest BCUT2D eigenvalue weighted by molar-refractivity contribution is -0.132. The van der Waals surface area contributed by atoms with Gasteiger partial charge in [0.1, 0.15) is 5.75 Å². The molecule has 1 aromatic carbocycles. The second kappa shape index (κ2) is 10.3. The number of ether oxygens (including phenoxy) is 2. The number of hydrogen-bond donors (Lipinski definition) is 1. The number of nitrogens with zero attached hydrogens (tertiary/aromatic N) is 1. The summed E-state index contributed by atoms with van der Waals surface area (Å²) in [5, 5.41) is 2.86. The summed E-state index contributed by atoms with van der Waals surface area (Å²) in [6.07, 6.45) is 0. The van der Waals surface area contributed by atoms with E-state index in [9.17, 15) is 9.59 Å². The van der Waals surface area contributed by atoms with Crippen LogP contribution in [-0.2, 0) is 14.3 Å². The Balaban J connectivity index is 1.75. The van der Waals surface area contributed by atoms with E-state index >= 15 is 0 Å². The Labute approximate surface area is 153 Å². The first kappa shape index (κ1) is 19.6. The number of thioether (sulfide) groups is 1. The Hall–Kier alpha value is -1.73. The molecule has 6 nitrogen and oxygen atoms in total. The first-order chi connectivity index (χ1) is 12.1. The van der Waals surface area contributed by atoms with Crippen LogP contribution in [0, 0.1) is 5.92 Å². The number of nitrogens with one attached hydrogen (secondary N) is 1. The number of hydrogen-bond acceptors (Lipinski definition) is 5. The predicted molar refractivity (Wildman–Crippen MR) is 100 cm³/mol. The van der Waals surface area contributed by atoms with Gasteiger partial charge in [-0.1, -0.05) is 26.0 Å². The highest BCUT2D eigenvalue weighted by Crippen LogP contribution is 2.24. The van der Waals surface area contributed by atoms with Crippen molar-refractivity contribution in [2.45, 2.75) is 13.8 Å². The van der Waals surface area contributed by atoms with Crippen LogP contribution in [0.4, 0.5) is 5.69 Å². The number of carbonyl (C=O) groups excluding carboxylic acids is 2. The van der Waals surface area contributed by atoms with Gasteiger partial charge in [-0.15, -0.1) is 11.8 Å². The SMILES string of the molecule is CC(C)COc1ccccc1NC(=O)CSCC(=O)N1CCOCC1. The molecule has 1 heterocycles. The molecule has 0 saturated carbocycles. The average molecular weight is 366 g/mol. The molecule has 138 valence electrons. The standard InChI is InChI=1S/C18H26N2O4S/c1-14(2)11-24-16-6-4-3-5-15(16)19-17(21)12-25-13-18(22)20-7-9-23-10-8-20/h3-6,14H,7-13H2,1-2H3,(H,19,21). The zero-order valence-electron chi connectivity index (χ0n) is 14.8. The smallest absolute Gasteiger partial charge is 0.234 e. The predicted octanol–water partition coefficient (Wildman–Crippen LogP) is 2.25. The number of amides is 2. The van der Waals surface area contributed by atoms with Gasteiger partial charge in [-0.3, -0.25) is 9.59 Å². The number of anilines is 1. The van der Waals surface area contributed by atoms with Crippen molar-refractivity contribution in [1.29, 1.82) is 0 Å². The maximum atomic E-state index is 12.1. The molecule has 1 N–H and O–H groups in total. The fraction of sp³-hybridized carbons (Fsp3) is 0.556. The highest BCUT2D eigenvalue weighted by atomic mass is 32.2. The van der Waals surface area contributed by atoms with Crippen molar-refractivity contribution in [3.63, 3.8) is 0 Å².